The molecule has 1 heterocycles. The minimum absolute atomic E-state index is 0.137. The lowest BCUT2D eigenvalue weighted by Gasteiger charge is -2.13. The van der Waals surface area contributed by atoms with Crippen molar-refractivity contribution in [2.24, 2.45) is 0 Å². The van der Waals surface area contributed by atoms with E-state index in [-0.39, 0.29) is 24.5 Å². The maximum atomic E-state index is 12.4. The zero-order valence-corrected chi connectivity index (χ0v) is 13.9. The molecule has 3 N–H and O–H groups in total. The molecule has 6 nitrogen and oxygen atoms in total. The summed E-state index contributed by atoms with van der Waals surface area (Å²) in [5.41, 5.74) is 1.94. The van der Waals surface area contributed by atoms with Crippen molar-refractivity contribution in [1.82, 2.24) is 5.32 Å². The number of para-hydroxylation sites is 1. The van der Waals surface area contributed by atoms with Crippen LogP contribution in [0.15, 0.2) is 48.5 Å². The van der Waals surface area contributed by atoms with Gasteiger partial charge in [0.25, 0.3) is 11.8 Å². The van der Waals surface area contributed by atoms with Crippen LogP contribution in [0.25, 0.3) is 0 Å². The summed E-state index contributed by atoms with van der Waals surface area (Å²) in [6, 6.07) is 13.9. The van der Waals surface area contributed by atoms with Crippen LogP contribution in [0.4, 0.5) is 5.69 Å². The average molecular weight is 340 g/mol. The monoisotopic (exact) mass is 340 g/mol. The summed E-state index contributed by atoms with van der Waals surface area (Å²) in [4.78, 5) is 24.5. The molecule has 0 radical (unpaired) electrons. The van der Waals surface area contributed by atoms with Crippen LogP contribution in [0.5, 0.6) is 5.75 Å². The molecule has 0 fully saturated rings. The smallest absolute Gasteiger partial charge is 0.265 e. The lowest BCUT2D eigenvalue weighted by molar-refractivity contribution is -0.122. The van der Waals surface area contributed by atoms with Crippen molar-refractivity contribution in [3.63, 3.8) is 0 Å². The normalized spacial score (nSPS) is 16.5. The van der Waals surface area contributed by atoms with E-state index in [2.05, 4.69) is 10.6 Å². The van der Waals surface area contributed by atoms with Gasteiger partial charge in [0, 0.05) is 23.7 Å². The predicted octanol–water partition coefficient (Wildman–Crippen LogP) is 1.74. The Bertz CT molecular complexity index is 765. The number of aliphatic hydroxyl groups excluding tert-OH is 1. The second-order valence-corrected chi connectivity index (χ2v) is 6.05. The van der Waals surface area contributed by atoms with Gasteiger partial charge in [0.1, 0.15) is 5.75 Å². The maximum absolute atomic E-state index is 12.4. The Kier molecular flexibility index (Phi) is 5.00. The van der Waals surface area contributed by atoms with Crippen molar-refractivity contribution >= 4 is 17.5 Å². The van der Waals surface area contributed by atoms with Crippen LogP contribution in [0, 0.1) is 0 Å². The molecule has 1 aliphatic rings. The fraction of sp³-hybridized carbons (Fsp3) is 0.263. The number of anilines is 1. The number of rotatable bonds is 5. The number of fused-ring (bicyclic) bond motifs is 1. The van der Waals surface area contributed by atoms with E-state index in [1.807, 2.05) is 24.3 Å². The molecule has 1 aliphatic heterocycles. The van der Waals surface area contributed by atoms with Crippen molar-refractivity contribution in [3.8, 4) is 5.75 Å². The fourth-order valence-corrected chi connectivity index (χ4v) is 2.64. The van der Waals surface area contributed by atoms with Crippen molar-refractivity contribution < 1.29 is 19.4 Å². The summed E-state index contributed by atoms with van der Waals surface area (Å²) in [6.07, 6.45) is -0.0554. The van der Waals surface area contributed by atoms with Gasteiger partial charge in [-0.3, -0.25) is 9.59 Å². The largest absolute Gasteiger partial charge is 0.480 e. The highest BCUT2D eigenvalue weighted by atomic mass is 16.5. The first kappa shape index (κ1) is 17.0. The van der Waals surface area contributed by atoms with E-state index in [0.29, 0.717) is 17.7 Å². The molecule has 2 aromatic carbocycles. The standard InChI is InChI=1S/C19H20N2O4/c1-12(11-22)20-18(23)14-6-4-7-15(9-14)21-19(24)17-10-13-5-2-3-8-16(13)25-17/h2-9,12,17,22H,10-11H2,1H3,(H,20,23)(H,21,24). The van der Waals surface area contributed by atoms with E-state index in [4.69, 9.17) is 9.84 Å². The van der Waals surface area contributed by atoms with Crippen molar-refractivity contribution in [3.05, 3.63) is 59.7 Å². The summed E-state index contributed by atoms with van der Waals surface area (Å²) < 4.78 is 5.67. The van der Waals surface area contributed by atoms with Crippen LogP contribution in [0.2, 0.25) is 0 Å². The van der Waals surface area contributed by atoms with Crippen LogP contribution in [-0.2, 0) is 11.2 Å². The molecule has 0 aromatic heterocycles. The highest BCUT2D eigenvalue weighted by molar-refractivity contribution is 5.98. The predicted molar refractivity (Wildman–Crippen MR) is 93.6 cm³/mol. The zero-order chi connectivity index (χ0) is 17.8. The first-order chi connectivity index (χ1) is 12.1. The van der Waals surface area contributed by atoms with E-state index in [0.717, 1.165) is 11.3 Å². The van der Waals surface area contributed by atoms with Crippen LogP contribution in [0.1, 0.15) is 22.8 Å². The van der Waals surface area contributed by atoms with Gasteiger partial charge >= 0.3 is 0 Å². The number of aliphatic hydroxyl groups is 1. The molecule has 2 amide bonds. The van der Waals surface area contributed by atoms with Gasteiger partial charge in [0.05, 0.1) is 6.61 Å². The zero-order valence-electron chi connectivity index (χ0n) is 13.9. The van der Waals surface area contributed by atoms with Crippen molar-refractivity contribution in [1.29, 1.82) is 0 Å². The van der Waals surface area contributed by atoms with Crippen LogP contribution >= 0.6 is 0 Å². The molecular formula is C19H20N2O4. The molecule has 0 saturated heterocycles. The maximum Gasteiger partial charge on any atom is 0.265 e. The Morgan fingerprint density at radius 2 is 2.04 bits per heavy atom. The molecule has 3 rings (SSSR count). The summed E-state index contributed by atoms with van der Waals surface area (Å²) in [7, 11) is 0. The third kappa shape index (κ3) is 3.97. The number of hydrogen-bond donors (Lipinski definition) is 3. The Hall–Kier alpha value is -2.86. The molecule has 2 aromatic rings. The Morgan fingerprint density at radius 3 is 2.80 bits per heavy atom. The van der Waals surface area contributed by atoms with Gasteiger partial charge in [-0.25, -0.2) is 0 Å². The summed E-state index contributed by atoms with van der Waals surface area (Å²) in [6.45, 7) is 1.57. The van der Waals surface area contributed by atoms with E-state index >= 15 is 0 Å². The fourth-order valence-electron chi connectivity index (χ4n) is 2.64. The molecule has 0 saturated carbocycles. The number of carbonyl (C=O) groups excluding carboxylic acids is 2. The first-order valence-electron chi connectivity index (χ1n) is 8.14. The van der Waals surface area contributed by atoms with Crippen LogP contribution in [-0.4, -0.2) is 35.7 Å². The molecule has 2 atom stereocenters. The second-order valence-electron chi connectivity index (χ2n) is 6.05. The second kappa shape index (κ2) is 7.36. The summed E-state index contributed by atoms with van der Waals surface area (Å²) in [5, 5.41) is 14.5. The number of nitrogens with one attached hydrogen (secondary N) is 2. The van der Waals surface area contributed by atoms with Gasteiger partial charge in [-0.2, -0.15) is 0 Å². The molecule has 0 spiro atoms. The minimum Gasteiger partial charge on any atom is -0.480 e. The number of carbonyl (C=O) groups is 2. The molecule has 0 bridgehead atoms. The van der Waals surface area contributed by atoms with E-state index in [1.54, 1.807) is 31.2 Å². The van der Waals surface area contributed by atoms with E-state index < -0.39 is 6.10 Å². The SMILES string of the molecule is CC(CO)NC(=O)c1cccc(NC(=O)C2Cc3ccccc3O2)c1. The summed E-state index contributed by atoms with van der Waals surface area (Å²) in [5.74, 6) is 0.174. The average Bonchev–Trinajstić information content (AvgIpc) is 3.06. The first-order valence-corrected chi connectivity index (χ1v) is 8.14. The number of ether oxygens (including phenoxy) is 1. The lowest BCUT2D eigenvalue weighted by Crippen LogP contribution is -2.35. The molecule has 0 aliphatic carbocycles. The van der Waals surface area contributed by atoms with Gasteiger partial charge < -0.3 is 20.5 Å². The third-order valence-electron chi connectivity index (χ3n) is 3.98. The van der Waals surface area contributed by atoms with E-state index in [1.165, 1.54) is 0 Å². The quantitative estimate of drug-likeness (QED) is 0.774. The Balaban J connectivity index is 1.64. The van der Waals surface area contributed by atoms with Crippen molar-refractivity contribution in [2.75, 3.05) is 11.9 Å². The summed E-state index contributed by atoms with van der Waals surface area (Å²) >= 11 is 0. The number of hydrogen-bond acceptors (Lipinski definition) is 4. The molecule has 6 heteroatoms. The highest BCUT2D eigenvalue weighted by Gasteiger charge is 2.28. The minimum atomic E-state index is -0.579. The molecular weight excluding hydrogens is 320 g/mol. The number of amides is 2. The van der Waals surface area contributed by atoms with E-state index in [9.17, 15) is 9.59 Å². The Morgan fingerprint density at radius 1 is 1.24 bits per heavy atom. The van der Waals surface area contributed by atoms with Crippen LogP contribution in [0.3, 0.4) is 0 Å². The van der Waals surface area contributed by atoms with Crippen molar-refractivity contribution in [2.45, 2.75) is 25.5 Å². The van der Waals surface area contributed by atoms with Gasteiger partial charge in [-0.1, -0.05) is 24.3 Å². The number of benzene rings is 2. The molecule has 25 heavy (non-hydrogen) atoms. The lowest BCUT2D eigenvalue weighted by atomic mass is 10.1. The van der Waals surface area contributed by atoms with Gasteiger partial charge in [-0.05, 0) is 36.8 Å². The Labute approximate surface area is 145 Å². The molecule has 2 unspecified atom stereocenters. The van der Waals surface area contributed by atoms with Gasteiger partial charge in [0.15, 0.2) is 6.10 Å². The van der Waals surface area contributed by atoms with Gasteiger partial charge in [-0.15, -0.1) is 0 Å². The topological polar surface area (TPSA) is 87.7 Å². The highest BCUT2D eigenvalue weighted by Crippen LogP contribution is 2.28. The third-order valence-corrected chi connectivity index (χ3v) is 3.98. The molecule has 130 valence electrons. The van der Waals surface area contributed by atoms with Crippen LogP contribution < -0.4 is 15.4 Å². The van der Waals surface area contributed by atoms with Gasteiger partial charge in [0.2, 0.25) is 0 Å².